The summed E-state index contributed by atoms with van der Waals surface area (Å²) in [5.41, 5.74) is 2.48. The summed E-state index contributed by atoms with van der Waals surface area (Å²) in [5.74, 6) is -5.75. The second kappa shape index (κ2) is 9.90. The van der Waals surface area contributed by atoms with E-state index in [0.717, 1.165) is 34.4 Å². The maximum Gasteiger partial charge on any atom is 0.411 e. The fourth-order valence-corrected chi connectivity index (χ4v) is 3.97. The summed E-state index contributed by atoms with van der Waals surface area (Å²) >= 11 is 0. The number of halogens is 2. The Kier molecular flexibility index (Phi) is 6.74. The topological polar surface area (TPSA) is 125 Å². The van der Waals surface area contributed by atoms with Crippen LogP contribution in [0.25, 0.3) is 11.1 Å². The highest BCUT2D eigenvalue weighted by atomic mass is 19.1. The number of ether oxygens (including phenoxy) is 1. The fourth-order valence-electron chi connectivity index (χ4n) is 3.97. The smallest absolute Gasteiger partial charge is 0.411 e. The Balaban J connectivity index is 1.45. The molecule has 180 valence electrons. The lowest BCUT2D eigenvalue weighted by Gasteiger charge is -2.15. The molecule has 0 aromatic heterocycles. The van der Waals surface area contributed by atoms with Crippen molar-refractivity contribution in [2.24, 2.45) is 0 Å². The minimum atomic E-state index is -1.95. The van der Waals surface area contributed by atoms with Gasteiger partial charge in [0.1, 0.15) is 18.0 Å². The molecule has 0 saturated heterocycles. The lowest BCUT2D eigenvalue weighted by molar-refractivity contribution is -0.146. The van der Waals surface area contributed by atoms with Crippen LogP contribution in [0.15, 0.2) is 60.7 Å². The van der Waals surface area contributed by atoms with Crippen LogP contribution in [0.3, 0.4) is 0 Å². The molecular formula is C25H20F2N2O6. The van der Waals surface area contributed by atoms with Gasteiger partial charge in [-0.3, -0.25) is 10.1 Å². The molecule has 2 amide bonds. The van der Waals surface area contributed by atoms with Gasteiger partial charge in [-0.05, 0) is 34.4 Å². The first-order valence-corrected chi connectivity index (χ1v) is 10.6. The van der Waals surface area contributed by atoms with Gasteiger partial charge in [0.15, 0.2) is 11.9 Å². The first kappa shape index (κ1) is 23.8. The first-order valence-electron chi connectivity index (χ1n) is 10.6. The highest BCUT2D eigenvalue weighted by Crippen LogP contribution is 2.44. The van der Waals surface area contributed by atoms with Gasteiger partial charge in [0.25, 0.3) is 5.91 Å². The molecule has 8 nitrogen and oxygen atoms in total. The van der Waals surface area contributed by atoms with Crippen molar-refractivity contribution < 1.29 is 38.1 Å². The summed E-state index contributed by atoms with van der Waals surface area (Å²) in [6.45, 7) is -0.805. The van der Waals surface area contributed by atoms with E-state index in [1.807, 2.05) is 53.8 Å². The van der Waals surface area contributed by atoms with E-state index in [4.69, 9.17) is 9.84 Å². The summed E-state index contributed by atoms with van der Waals surface area (Å²) in [4.78, 5) is 35.2. The van der Waals surface area contributed by atoms with E-state index < -0.39 is 53.5 Å². The quantitative estimate of drug-likeness (QED) is 0.409. The molecule has 3 aromatic carbocycles. The number of hydrogen-bond donors (Lipinski definition) is 4. The molecule has 10 heteroatoms. The average Bonchev–Trinajstić information content (AvgIpc) is 3.16. The standard InChI is InChI=1S/C25H20F2N2O6/c26-18-9-10-19(22(27)21(18)23(31)28-11-20(30)24(32)33)29-25(34)35-12-17-15-7-3-1-5-13(15)14-6-2-4-8-16(14)17/h1-10,17,20,30H,11-12H2,(H,28,31)(H,29,34)(H,32,33). The lowest BCUT2D eigenvalue weighted by Crippen LogP contribution is -2.37. The summed E-state index contributed by atoms with van der Waals surface area (Å²) in [6, 6.07) is 17.1. The Hall–Kier alpha value is -4.31. The van der Waals surface area contributed by atoms with Crippen LogP contribution in [0.5, 0.6) is 0 Å². The number of carbonyl (C=O) groups is 3. The fraction of sp³-hybridized carbons (Fsp3) is 0.160. The van der Waals surface area contributed by atoms with Gasteiger partial charge in [-0.2, -0.15) is 0 Å². The molecular weight excluding hydrogens is 462 g/mol. The van der Waals surface area contributed by atoms with Crippen LogP contribution in [0, 0.1) is 11.6 Å². The molecule has 0 fully saturated rings. The van der Waals surface area contributed by atoms with Crippen molar-refractivity contribution in [3.8, 4) is 11.1 Å². The number of benzene rings is 3. The third kappa shape index (κ3) is 4.82. The zero-order valence-electron chi connectivity index (χ0n) is 18.1. The minimum Gasteiger partial charge on any atom is -0.479 e. The van der Waals surface area contributed by atoms with Crippen molar-refractivity contribution in [1.29, 1.82) is 0 Å². The average molecular weight is 482 g/mol. The predicted octanol–water partition coefficient (Wildman–Crippen LogP) is 3.50. The Morgan fingerprint density at radius 3 is 2.14 bits per heavy atom. The number of nitrogens with one attached hydrogen (secondary N) is 2. The van der Waals surface area contributed by atoms with Gasteiger partial charge in [-0.25, -0.2) is 18.4 Å². The molecule has 1 aliphatic rings. The minimum absolute atomic E-state index is 0.0386. The van der Waals surface area contributed by atoms with Gasteiger partial charge < -0.3 is 20.3 Å². The zero-order chi connectivity index (χ0) is 25.1. The van der Waals surface area contributed by atoms with Gasteiger partial charge in [0.2, 0.25) is 0 Å². The van der Waals surface area contributed by atoms with Gasteiger partial charge in [-0.1, -0.05) is 48.5 Å². The Morgan fingerprint density at radius 1 is 0.943 bits per heavy atom. The molecule has 0 radical (unpaired) electrons. The summed E-state index contributed by atoms with van der Waals surface area (Å²) < 4.78 is 34.2. The summed E-state index contributed by atoms with van der Waals surface area (Å²) in [7, 11) is 0. The zero-order valence-corrected chi connectivity index (χ0v) is 18.1. The number of carboxylic acid groups (broad SMARTS) is 1. The van der Waals surface area contributed by atoms with Crippen LogP contribution in [-0.4, -0.2) is 47.4 Å². The molecule has 1 unspecified atom stereocenters. The van der Waals surface area contributed by atoms with Crippen LogP contribution in [0.1, 0.15) is 27.4 Å². The number of aliphatic hydroxyl groups is 1. The van der Waals surface area contributed by atoms with E-state index in [1.54, 1.807) is 0 Å². The van der Waals surface area contributed by atoms with Crippen LogP contribution in [-0.2, 0) is 9.53 Å². The third-order valence-electron chi connectivity index (χ3n) is 5.64. The second-order valence-corrected chi connectivity index (χ2v) is 7.80. The van der Waals surface area contributed by atoms with E-state index >= 15 is 0 Å². The number of carbonyl (C=O) groups excluding carboxylic acids is 2. The molecule has 0 saturated carbocycles. The number of rotatable bonds is 7. The number of carboxylic acids is 1. The van der Waals surface area contributed by atoms with Crippen molar-refractivity contribution in [3.63, 3.8) is 0 Å². The molecule has 35 heavy (non-hydrogen) atoms. The summed E-state index contributed by atoms with van der Waals surface area (Å²) in [6.07, 6.45) is -2.96. The maximum atomic E-state index is 14.8. The summed E-state index contributed by atoms with van der Waals surface area (Å²) in [5, 5.41) is 22.0. The second-order valence-electron chi connectivity index (χ2n) is 7.80. The Morgan fingerprint density at radius 2 is 1.54 bits per heavy atom. The number of anilines is 1. The Labute approximate surface area is 198 Å². The maximum absolute atomic E-state index is 14.8. The van der Waals surface area contributed by atoms with E-state index in [9.17, 15) is 28.3 Å². The molecule has 0 heterocycles. The van der Waals surface area contributed by atoms with Crippen LogP contribution < -0.4 is 10.6 Å². The lowest BCUT2D eigenvalue weighted by atomic mass is 9.98. The molecule has 0 spiro atoms. The highest BCUT2D eigenvalue weighted by Gasteiger charge is 2.29. The van der Waals surface area contributed by atoms with Crippen molar-refractivity contribution in [2.45, 2.75) is 12.0 Å². The van der Waals surface area contributed by atoms with Crippen molar-refractivity contribution in [3.05, 3.63) is 89.0 Å². The van der Waals surface area contributed by atoms with E-state index in [-0.39, 0.29) is 12.5 Å². The normalized spacial score (nSPS) is 12.9. The monoisotopic (exact) mass is 482 g/mol. The predicted molar refractivity (Wildman–Crippen MR) is 121 cm³/mol. The van der Waals surface area contributed by atoms with Crippen molar-refractivity contribution in [1.82, 2.24) is 5.32 Å². The number of hydrogen-bond acceptors (Lipinski definition) is 5. The highest BCUT2D eigenvalue weighted by molar-refractivity contribution is 5.97. The number of amides is 2. The van der Waals surface area contributed by atoms with Crippen LogP contribution in [0.2, 0.25) is 0 Å². The SMILES string of the molecule is O=C(Nc1ccc(F)c(C(=O)NCC(O)C(=O)O)c1F)OCC1c2ccccc2-c2ccccc21. The number of aliphatic carboxylic acids is 1. The molecule has 4 rings (SSSR count). The van der Waals surface area contributed by atoms with Crippen molar-refractivity contribution in [2.75, 3.05) is 18.5 Å². The van der Waals surface area contributed by atoms with Gasteiger partial charge in [-0.15, -0.1) is 0 Å². The Bertz CT molecular complexity index is 1270. The van der Waals surface area contributed by atoms with Crippen LogP contribution in [0.4, 0.5) is 19.3 Å². The molecule has 1 aliphatic carbocycles. The molecule has 3 aromatic rings. The first-order chi connectivity index (χ1) is 16.8. The van der Waals surface area contributed by atoms with E-state index in [1.165, 1.54) is 0 Å². The van der Waals surface area contributed by atoms with Crippen LogP contribution >= 0.6 is 0 Å². The van der Waals surface area contributed by atoms with Gasteiger partial charge in [0.05, 0.1) is 12.2 Å². The third-order valence-corrected chi connectivity index (χ3v) is 5.64. The van der Waals surface area contributed by atoms with E-state index in [2.05, 4.69) is 5.32 Å². The molecule has 4 N–H and O–H groups in total. The number of aliphatic hydroxyl groups excluding tert-OH is 1. The van der Waals surface area contributed by atoms with E-state index in [0.29, 0.717) is 0 Å². The molecule has 0 aliphatic heterocycles. The van der Waals surface area contributed by atoms with Gasteiger partial charge in [0, 0.05) is 5.92 Å². The largest absolute Gasteiger partial charge is 0.479 e. The van der Waals surface area contributed by atoms with Crippen molar-refractivity contribution >= 4 is 23.7 Å². The number of fused-ring (bicyclic) bond motifs is 3. The van der Waals surface area contributed by atoms with Gasteiger partial charge >= 0.3 is 12.1 Å². The molecule has 0 bridgehead atoms. The molecule has 1 atom stereocenters.